The van der Waals surface area contributed by atoms with Crippen molar-refractivity contribution in [3.05, 3.63) is 65.0 Å². The van der Waals surface area contributed by atoms with Crippen molar-refractivity contribution in [2.24, 2.45) is 0 Å². The van der Waals surface area contributed by atoms with Crippen LogP contribution in [0.15, 0.2) is 42.7 Å². The Kier molecular flexibility index (Phi) is 5.68. The fourth-order valence-corrected chi connectivity index (χ4v) is 2.75. The maximum atomic E-state index is 11.6. The molecule has 1 unspecified atom stereocenters. The number of nitrogens with zero attached hydrogens (tertiary/aromatic N) is 2. The topological polar surface area (TPSA) is 70.5 Å². The minimum absolute atomic E-state index is 0.0440. The van der Waals surface area contributed by atoms with E-state index < -0.39 is 5.97 Å². The number of amides is 1. The number of carbonyl (C=O) groups is 2. The van der Waals surface area contributed by atoms with Gasteiger partial charge < -0.3 is 10.0 Å². The van der Waals surface area contributed by atoms with Crippen LogP contribution in [0.2, 0.25) is 0 Å². The molecular weight excluding hydrogens is 304 g/mol. The lowest BCUT2D eigenvalue weighted by molar-refractivity contribution is -0.129. The molecule has 24 heavy (non-hydrogen) atoms. The van der Waals surface area contributed by atoms with Crippen molar-refractivity contribution >= 4 is 11.9 Å². The van der Waals surface area contributed by atoms with Gasteiger partial charge in [-0.15, -0.1) is 0 Å². The highest BCUT2D eigenvalue weighted by atomic mass is 16.4. The van der Waals surface area contributed by atoms with Gasteiger partial charge >= 0.3 is 5.97 Å². The van der Waals surface area contributed by atoms with Crippen LogP contribution in [0, 0.1) is 0 Å². The summed E-state index contributed by atoms with van der Waals surface area (Å²) in [7, 11) is 1.81. The van der Waals surface area contributed by atoms with Crippen LogP contribution in [0.4, 0.5) is 0 Å². The molecule has 1 amide bonds. The normalized spacial score (nSPS) is 11.8. The molecular formula is C19H22N2O3. The Bertz CT molecular complexity index is 726. The third kappa shape index (κ3) is 4.19. The van der Waals surface area contributed by atoms with Crippen LogP contribution in [-0.4, -0.2) is 33.9 Å². The summed E-state index contributed by atoms with van der Waals surface area (Å²) in [5.41, 5.74) is 3.22. The third-order valence-electron chi connectivity index (χ3n) is 4.17. The molecule has 5 nitrogen and oxygen atoms in total. The molecule has 5 heteroatoms. The predicted molar refractivity (Wildman–Crippen MR) is 91.9 cm³/mol. The number of carbonyl (C=O) groups excluding carboxylic acids is 1. The molecule has 0 aliphatic heterocycles. The van der Waals surface area contributed by atoms with Crippen molar-refractivity contribution in [3.8, 4) is 0 Å². The molecule has 1 heterocycles. The van der Waals surface area contributed by atoms with Gasteiger partial charge in [-0.05, 0) is 35.6 Å². The van der Waals surface area contributed by atoms with Crippen molar-refractivity contribution in [2.45, 2.75) is 32.7 Å². The second-order valence-electron chi connectivity index (χ2n) is 5.86. The van der Waals surface area contributed by atoms with Crippen molar-refractivity contribution in [3.63, 3.8) is 0 Å². The number of carboxylic acid groups (broad SMARTS) is 1. The molecule has 0 spiro atoms. The molecule has 126 valence electrons. The molecule has 2 aromatic rings. The van der Waals surface area contributed by atoms with Crippen LogP contribution in [0.5, 0.6) is 0 Å². The lowest BCUT2D eigenvalue weighted by Gasteiger charge is -2.26. The van der Waals surface area contributed by atoms with E-state index in [0.29, 0.717) is 6.42 Å². The maximum Gasteiger partial charge on any atom is 0.337 e. The average molecular weight is 326 g/mol. The molecule has 1 aromatic heterocycles. The van der Waals surface area contributed by atoms with E-state index >= 15 is 0 Å². The number of benzene rings is 1. The van der Waals surface area contributed by atoms with Gasteiger partial charge in [-0.3, -0.25) is 9.78 Å². The van der Waals surface area contributed by atoms with Crippen molar-refractivity contribution in [1.82, 2.24) is 9.88 Å². The van der Waals surface area contributed by atoms with Crippen LogP contribution in [0.1, 0.15) is 53.4 Å². The molecule has 0 fully saturated rings. The molecule has 0 bridgehead atoms. The first-order valence-corrected chi connectivity index (χ1v) is 7.91. The van der Waals surface area contributed by atoms with Gasteiger partial charge in [0.05, 0.1) is 11.6 Å². The molecule has 0 saturated carbocycles. The summed E-state index contributed by atoms with van der Waals surface area (Å²) >= 11 is 0. The van der Waals surface area contributed by atoms with E-state index in [0.717, 1.165) is 23.1 Å². The second kappa shape index (κ2) is 7.73. The Hall–Kier alpha value is -2.69. The summed E-state index contributed by atoms with van der Waals surface area (Å²) < 4.78 is 0. The molecule has 1 N–H and O–H groups in total. The van der Waals surface area contributed by atoms with Crippen molar-refractivity contribution in [2.75, 3.05) is 7.05 Å². The van der Waals surface area contributed by atoms with Crippen LogP contribution < -0.4 is 0 Å². The lowest BCUT2D eigenvalue weighted by atomic mass is 9.99. The van der Waals surface area contributed by atoms with E-state index in [2.05, 4.69) is 11.9 Å². The van der Waals surface area contributed by atoms with Crippen molar-refractivity contribution in [1.29, 1.82) is 0 Å². The van der Waals surface area contributed by atoms with Crippen LogP contribution in [-0.2, 0) is 11.2 Å². The first-order chi connectivity index (χ1) is 11.4. The molecule has 1 aromatic carbocycles. The minimum Gasteiger partial charge on any atom is -0.478 e. The predicted octanol–water partition coefficient (Wildman–Crippen LogP) is 3.30. The number of carboxylic acids is 1. The third-order valence-corrected chi connectivity index (χ3v) is 4.17. The Labute approximate surface area is 142 Å². The first-order valence-electron chi connectivity index (χ1n) is 7.91. The van der Waals surface area contributed by atoms with Crippen LogP contribution in [0.25, 0.3) is 0 Å². The zero-order chi connectivity index (χ0) is 17.7. The Morgan fingerprint density at radius 1 is 1.17 bits per heavy atom. The SMILES string of the molecule is CCC(c1ccc(Cc2cncc(C(=O)O)c2)cc1)N(C)C(C)=O. The number of pyridine rings is 1. The van der Waals surface area contributed by atoms with Gasteiger partial charge in [-0.25, -0.2) is 4.79 Å². The van der Waals surface area contributed by atoms with Gasteiger partial charge in [0.1, 0.15) is 0 Å². The highest BCUT2D eigenvalue weighted by molar-refractivity contribution is 5.87. The molecule has 0 saturated heterocycles. The summed E-state index contributed by atoms with van der Waals surface area (Å²) in [4.78, 5) is 28.3. The fraction of sp³-hybridized carbons (Fsp3) is 0.316. The first kappa shape index (κ1) is 17.7. The van der Waals surface area contributed by atoms with Crippen LogP contribution >= 0.6 is 0 Å². The maximum absolute atomic E-state index is 11.6. The summed E-state index contributed by atoms with van der Waals surface area (Å²) in [6.45, 7) is 3.63. The Balaban J connectivity index is 2.16. The zero-order valence-electron chi connectivity index (χ0n) is 14.2. The quantitative estimate of drug-likeness (QED) is 0.884. The van der Waals surface area contributed by atoms with Gasteiger partial charge in [0.2, 0.25) is 5.91 Å². The van der Waals surface area contributed by atoms with E-state index in [1.165, 1.54) is 6.20 Å². The zero-order valence-corrected chi connectivity index (χ0v) is 14.2. The van der Waals surface area contributed by atoms with Gasteiger partial charge in [0.15, 0.2) is 0 Å². The Morgan fingerprint density at radius 3 is 2.38 bits per heavy atom. The molecule has 0 aliphatic carbocycles. The standard InChI is InChI=1S/C19H22N2O3/c1-4-18(21(3)13(2)22)16-7-5-14(6-8-16)9-15-10-17(19(23)24)12-20-11-15/h5-8,10-12,18H,4,9H2,1-3H3,(H,23,24). The molecule has 0 aliphatic rings. The number of aromatic nitrogens is 1. The number of hydrogen-bond acceptors (Lipinski definition) is 3. The smallest absolute Gasteiger partial charge is 0.337 e. The van der Waals surface area contributed by atoms with E-state index in [1.807, 2.05) is 31.3 Å². The van der Waals surface area contributed by atoms with E-state index in [9.17, 15) is 9.59 Å². The van der Waals surface area contributed by atoms with Gasteiger partial charge in [0.25, 0.3) is 0 Å². The monoisotopic (exact) mass is 326 g/mol. The summed E-state index contributed by atoms with van der Waals surface area (Å²) in [5.74, 6) is -0.930. The van der Waals surface area contributed by atoms with Gasteiger partial charge in [-0.1, -0.05) is 31.2 Å². The number of rotatable bonds is 6. The summed E-state index contributed by atoms with van der Waals surface area (Å²) in [6.07, 6.45) is 4.49. The number of hydrogen-bond donors (Lipinski definition) is 1. The van der Waals surface area contributed by atoms with E-state index in [1.54, 1.807) is 24.1 Å². The Morgan fingerprint density at radius 2 is 1.83 bits per heavy atom. The summed E-state index contributed by atoms with van der Waals surface area (Å²) in [5, 5.41) is 9.02. The molecule has 2 rings (SSSR count). The van der Waals surface area contributed by atoms with E-state index in [-0.39, 0.29) is 17.5 Å². The number of aromatic carboxylic acids is 1. The largest absolute Gasteiger partial charge is 0.478 e. The lowest BCUT2D eigenvalue weighted by Crippen LogP contribution is -2.28. The average Bonchev–Trinajstić information content (AvgIpc) is 2.57. The van der Waals surface area contributed by atoms with Crippen molar-refractivity contribution < 1.29 is 14.7 Å². The molecule has 0 radical (unpaired) electrons. The van der Waals surface area contributed by atoms with Gasteiger partial charge in [0, 0.05) is 26.4 Å². The van der Waals surface area contributed by atoms with Gasteiger partial charge in [-0.2, -0.15) is 0 Å². The summed E-state index contributed by atoms with van der Waals surface area (Å²) in [6, 6.07) is 9.78. The van der Waals surface area contributed by atoms with Crippen LogP contribution in [0.3, 0.4) is 0 Å². The highest BCUT2D eigenvalue weighted by Gasteiger charge is 2.17. The van der Waals surface area contributed by atoms with E-state index in [4.69, 9.17) is 5.11 Å². The molecule has 1 atom stereocenters. The minimum atomic E-state index is -0.974. The second-order valence-corrected chi connectivity index (χ2v) is 5.86. The highest BCUT2D eigenvalue weighted by Crippen LogP contribution is 2.24. The fourth-order valence-electron chi connectivity index (χ4n) is 2.75.